The SMILES string of the molecule is C#CCOCCC(=O)NCC1(O)CCC(C(C)(C)C)CC1. The summed E-state index contributed by atoms with van der Waals surface area (Å²) in [6, 6.07) is 0. The molecule has 21 heavy (non-hydrogen) atoms. The number of amides is 1. The van der Waals surface area contributed by atoms with Crippen LogP contribution in [-0.2, 0) is 9.53 Å². The molecule has 0 aromatic carbocycles. The third-order valence-electron chi connectivity index (χ3n) is 4.41. The second-order valence-electron chi connectivity index (χ2n) is 7.15. The summed E-state index contributed by atoms with van der Waals surface area (Å²) in [6.45, 7) is 7.63. The van der Waals surface area contributed by atoms with Gasteiger partial charge in [-0.3, -0.25) is 4.79 Å². The highest BCUT2D eigenvalue weighted by atomic mass is 16.5. The number of ether oxygens (including phenoxy) is 1. The summed E-state index contributed by atoms with van der Waals surface area (Å²) in [6.07, 6.45) is 8.87. The van der Waals surface area contributed by atoms with Crippen molar-refractivity contribution in [2.45, 2.75) is 58.5 Å². The third kappa shape index (κ3) is 6.50. The Morgan fingerprint density at radius 3 is 2.57 bits per heavy atom. The lowest BCUT2D eigenvalue weighted by Gasteiger charge is -2.41. The van der Waals surface area contributed by atoms with Gasteiger partial charge >= 0.3 is 0 Å². The van der Waals surface area contributed by atoms with Gasteiger partial charge in [-0.2, -0.15) is 0 Å². The number of carbonyl (C=O) groups is 1. The van der Waals surface area contributed by atoms with E-state index in [4.69, 9.17) is 11.2 Å². The normalized spacial score (nSPS) is 26.1. The Morgan fingerprint density at radius 1 is 1.43 bits per heavy atom. The zero-order valence-corrected chi connectivity index (χ0v) is 13.6. The number of terminal acetylenes is 1. The van der Waals surface area contributed by atoms with Crippen molar-refractivity contribution in [3.8, 4) is 12.3 Å². The van der Waals surface area contributed by atoms with Crippen LogP contribution in [0.2, 0.25) is 0 Å². The van der Waals surface area contributed by atoms with Gasteiger partial charge in [-0.15, -0.1) is 6.42 Å². The first-order chi connectivity index (χ1) is 9.77. The summed E-state index contributed by atoms with van der Waals surface area (Å²) in [4.78, 5) is 11.7. The van der Waals surface area contributed by atoms with Crippen LogP contribution in [0.4, 0.5) is 0 Å². The Kier molecular flexibility index (Phi) is 6.70. The van der Waals surface area contributed by atoms with Crippen molar-refractivity contribution in [2.24, 2.45) is 11.3 Å². The Balaban J connectivity index is 2.26. The van der Waals surface area contributed by atoms with Crippen LogP contribution in [0.1, 0.15) is 52.9 Å². The average molecular weight is 295 g/mol. The minimum absolute atomic E-state index is 0.0987. The van der Waals surface area contributed by atoms with Crippen molar-refractivity contribution in [2.75, 3.05) is 19.8 Å². The topological polar surface area (TPSA) is 58.6 Å². The lowest BCUT2D eigenvalue weighted by molar-refractivity contribution is -0.124. The summed E-state index contributed by atoms with van der Waals surface area (Å²) in [7, 11) is 0. The van der Waals surface area contributed by atoms with Crippen molar-refractivity contribution in [1.29, 1.82) is 0 Å². The third-order valence-corrected chi connectivity index (χ3v) is 4.41. The summed E-state index contributed by atoms with van der Waals surface area (Å²) >= 11 is 0. The molecule has 0 aliphatic heterocycles. The molecule has 2 N–H and O–H groups in total. The number of aliphatic hydroxyl groups is 1. The smallest absolute Gasteiger partial charge is 0.222 e. The molecular weight excluding hydrogens is 266 g/mol. The van der Waals surface area contributed by atoms with Crippen molar-refractivity contribution in [1.82, 2.24) is 5.32 Å². The Morgan fingerprint density at radius 2 is 2.05 bits per heavy atom. The fourth-order valence-electron chi connectivity index (χ4n) is 2.85. The van der Waals surface area contributed by atoms with Gasteiger partial charge < -0.3 is 15.2 Å². The molecule has 1 rings (SSSR count). The molecule has 0 spiro atoms. The monoisotopic (exact) mass is 295 g/mol. The first-order valence-corrected chi connectivity index (χ1v) is 7.77. The van der Waals surface area contributed by atoms with E-state index >= 15 is 0 Å². The Bertz CT molecular complexity index is 370. The van der Waals surface area contributed by atoms with Gasteiger partial charge in [0, 0.05) is 6.54 Å². The molecule has 0 heterocycles. The molecule has 0 radical (unpaired) electrons. The first-order valence-electron chi connectivity index (χ1n) is 7.77. The van der Waals surface area contributed by atoms with Gasteiger partial charge in [0.25, 0.3) is 0 Å². The highest BCUT2D eigenvalue weighted by molar-refractivity contribution is 5.76. The van der Waals surface area contributed by atoms with Gasteiger partial charge in [0.1, 0.15) is 6.61 Å². The minimum Gasteiger partial charge on any atom is -0.388 e. The van der Waals surface area contributed by atoms with Crippen LogP contribution in [0.25, 0.3) is 0 Å². The van der Waals surface area contributed by atoms with Gasteiger partial charge in [-0.05, 0) is 37.0 Å². The maximum absolute atomic E-state index is 11.7. The molecule has 4 heteroatoms. The Labute approximate surface area is 128 Å². The van der Waals surface area contributed by atoms with Crippen LogP contribution in [-0.4, -0.2) is 36.4 Å². The summed E-state index contributed by atoms with van der Waals surface area (Å²) in [5.41, 5.74) is -0.462. The van der Waals surface area contributed by atoms with Crippen LogP contribution in [0.3, 0.4) is 0 Å². The lowest BCUT2D eigenvalue weighted by atomic mass is 9.68. The summed E-state index contributed by atoms with van der Waals surface area (Å²) in [5.74, 6) is 2.90. The van der Waals surface area contributed by atoms with E-state index in [1.165, 1.54) is 0 Å². The molecule has 120 valence electrons. The van der Waals surface area contributed by atoms with Crippen LogP contribution in [0, 0.1) is 23.7 Å². The van der Waals surface area contributed by atoms with E-state index in [1.807, 2.05) is 0 Å². The molecule has 0 bridgehead atoms. The van der Waals surface area contributed by atoms with Crippen LogP contribution in [0.5, 0.6) is 0 Å². The van der Waals surface area contributed by atoms with E-state index < -0.39 is 5.60 Å². The highest BCUT2D eigenvalue weighted by Crippen LogP contribution is 2.41. The molecule has 1 aliphatic carbocycles. The fraction of sp³-hybridized carbons (Fsp3) is 0.824. The number of rotatable bonds is 6. The zero-order valence-electron chi connectivity index (χ0n) is 13.6. The second-order valence-corrected chi connectivity index (χ2v) is 7.15. The predicted molar refractivity (Wildman–Crippen MR) is 83.6 cm³/mol. The molecule has 0 unspecified atom stereocenters. The highest BCUT2D eigenvalue weighted by Gasteiger charge is 2.37. The van der Waals surface area contributed by atoms with Gasteiger partial charge in [0.15, 0.2) is 0 Å². The maximum Gasteiger partial charge on any atom is 0.222 e. The zero-order chi connectivity index (χ0) is 15.9. The molecule has 1 aliphatic rings. The first kappa shape index (κ1) is 18.0. The van der Waals surface area contributed by atoms with E-state index in [-0.39, 0.29) is 18.9 Å². The quantitative estimate of drug-likeness (QED) is 0.583. The van der Waals surface area contributed by atoms with Crippen molar-refractivity contribution < 1.29 is 14.6 Å². The fourth-order valence-corrected chi connectivity index (χ4v) is 2.85. The van der Waals surface area contributed by atoms with E-state index in [0.717, 1.165) is 25.7 Å². The summed E-state index contributed by atoms with van der Waals surface area (Å²) in [5, 5.41) is 13.3. The van der Waals surface area contributed by atoms with E-state index in [2.05, 4.69) is 32.0 Å². The van der Waals surface area contributed by atoms with Gasteiger partial charge in [0.05, 0.1) is 18.6 Å². The molecule has 0 saturated heterocycles. The minimum atomic E-state index is -0.753. The maximum atomic E-state index is 11.7. The van der Waals surface area contributed by atoms with Crippen LogP contribution >= 0.6 is 0 Å². The number of hydrogen-bond acceptors (Lipinski definition) is 3. The van der Waals surface area contributed by atoms with E-state index in [9.17, 15) is 9.90 Å². The Hall–Kier alpha value is -1.05. The number of carbonyl (C=O) groups excluding carboxylic acids is 1. The van der Waals surface area contributed by atoms with E-state index in [0.29, 0.717) is 24.5 Å². The molecule has 1 amide bonds. The van der Waals surface area contributed by atoms with E-state index in [1.54, 1.807) is 0 Å². The van der Waals surface area contributed by atoms with Gasteiger partial charge in [-0.1, -0.05) is 26.7 Å². The number of nitrogens with one attached hydrogen (secondary N) is 1. The molecular formula is C17H29NO3. The van der Waals surface area contributed by atoms with Gasteiger partial charge in [-0.25, -0.2) is 0 Å². The largest absolute Gasteiger partial charge is 0.388 e. The second kappa shape index (κ2) is 7.82. The molecule has 0 atom stereocenters. The van der Waals surface area contributed by atoms with Crippen LogP contribution in [0.15, 0.2) is 0 Å². The molecule has 4 nitrogen and oxygen atoms in total. The summed E-state index contributed by atoms with van der Waals surface area (Å²) < 4.78 is 5.06. The lowest BCUT2D eigenvalue weighted by Crippen LogP contribution is -2.46. The van der Waals surface area contributed by atoms with Crippen molar-refractivity contribution >= 4 is 5.91 Å². The van der Waals surface area contributed by atoms with Crippen molar-refractivity contribution in [3.05, 3.63) is 0 Å². The van der Waals surface area contributed by atoms with Gasteiger partial charge in [0.2, 0.25) is 5.91 Å². The van der Waals surface area contributed by atoms with Crippen LogP contribution < -0.4 is 5.32 Å². The number of hydrogen-bond donors (Lipinski definition) is 2. The standard InChI is InChI=1S/C17H29NO3/c1-5-11-21-12-8-15(19)18-13-17(20)9-6-14(7-10-17)16(2,3)4/h1,14,20H,6-13H2,2-4H3,(H,18,19). The van der Waals surface area contributed by atoms with Crippen molar-refractivity contribution in [3.63, 3.8) is 0 Å². The molecule has 1 fully saturated rings. The average Bonchev–Trinajstić information content (AvgIpc) is 2.41. The molecule has 0 aromatic rings. The molecule has 1 saturated carbocycles. The molecule has 0 aromatic heterocycles. The predicted octanol–water partition coefficient (Wildman–Crippen LogP) is 2.11.